The van der Waals surface area contributed by atoms with Gasteiger partial charge in [0, 0.05) is 29.8 Å². The van der Waals surface area contributed by atoms with Gasteiger partial charge >= 0.3 is 0 Å². The van der Waals surface area contributed by atoms with Crippen molar-refractivity contribution >= 4 is 12.2 Å². The summed E-state index contributed by atoms with van der Waals surface area (Å²) in [6.45, 7) is 4.41. The first kappa shape index (κ1) is 12.9. The second-order valence-electron chi connectivity index (χ2n) is 4.16. The summed E-state index contributed by atoms with van der Waals surface area (Å²) in [4.78, 5) is 11.9. The number of ether oxygens (including phenoxy) is 1. The Hall–Kier alpha value is -1.59. The first-order chi connectivity index (χ1) is 8.58. The van der Waals surface area contributed by atoms with E-state index in [0.717, 1.165) is 28.5 Å². The molecular weight excluding hydrogens is 246 g/mol. The van der Waals surface area contributed by atoms with E-state index in [4.69, 9.17) is 17.0 Å². The van der Waals surface area contributed by atoms with Crippen LogP contribution in [0.4, 0.5) is 0 Å². The maximum atomic E-state index is 5.16. The van der Waals surface area contributed by atoms with Crippen LogP contribution in [0.15, 0.2) is 18.2 Å². The van der Waals surface area contributed by atoms with E-state index in [0.29, 0.717) is 11.2 Å². The van der Waals surface area contributed by atoms with Crippen LogP contribution in [0, 0.1) is 18.5 Å². The van der Waals surface area contributed by atoms with Gasteiger partial charge in [0.15, 0.2) is 0 Å². The minimum atomic E-state index is 0.488. The average Bonchev–Trinajstić information content (AvgIpc) is 2.27. The van der Waals surface area contributed by atoms with Crippen molar-refractivity contribution in [2.24, 2.45) is 0 Å². The Bertz CT molecular complexity index is 602. The molecule has 0 radical (unpaired) electrons. The molecule has 2 aromatic heterocycles. The predicted octanol–water partition coefficient (Wildman–Crippen LogP) is 2.96. The molecule has 0 aromatic carbocycles. The lowest BCUT2D eigenvalue weighted by atomic mass is 10.2. The van der Waals surface area contributed by atoms with Gasteiger partial charge in [0.1, 0.15) is 10.5 Å². The molecule has 0 fully saturated rings. The van der Waals surface area contributed by atoms with Crippen LogP contribution in [0.3, 0.4) is 0 Å². The van der Waals surface area contributed by atoms with Crippen molar-refractivity contribution in [3.63, 3.8) is 0 Å². The Labute approximate surface area is 111 Å². The summed E-state index contributed by atoms with van der Waals surface area (Å²) in [5.74, 6) is 0.753. The molecule has 0 aliphatic heterocycles. The fraction of sp³-hybridized carbons (Fsp3) is 0.308. The van der Waals surface area contributed by atoms with E-state index < -0.39 is 0 Å². The Morgan fingerprint density at radius 2 is 1.83 bits per heavy atom. The van der Waals surface area contributed by atoms with Gasteiger partial charge in [-0.2, -0.15) is 0 Å². The van der Waals surface area contributed by atoms with E-state index in [2.05, 4.69) is 15.0 Å². The number of nitrogens with one attached hydrogen (secondary N) is 1. The molecule has 2 rings (SSSR count). The molecule has 0 amide bonds. The molecule has 94 valence electrons. The molecule has 0 atom stereocenters. The van der Waals surface area contributed by atoms with Crippen LogP contribution >= 0.6 is 12.2 Å². The molecule has 18 heavy (non-hydrogen) atoms. The van der Waals surface area contributed by atoms with Crippen molar-refractivity contribution < 1.29 is 4.74 Å². The predicted molar refractivity (Wildman–Crippen MR) is 72.8 cm³/mol. The van der Waals surface area contributed by atoms with Gasteiger partial charge in [-0.05, 0) is 32.0 Å². The third kappa shape index (κ3) is 3.00. The zero-order valence-corrected chi connectivity index (χ0v) is 11.5. The number of hydrogen-bond donors (Lipinski definition) is 1. The fourth-order valence-electron chi connectivity index (χ4n) is 1.85. The minimum Gasteiger partial charge on any atom is -0.378 e. The molecule has 0 aliphatic carbocycles. The summed E-state index contributed by atoms with van der Waals surface area (Å²) >= 11 is 5.16. The van der Waals surface area contributed by atoms with Crippen molar-refractivity contribution in [1.82, 2.24) is 15.0 Å². The van der Waals surface area contributed by atoms with E-state index in [1.54, 1.807) is 7.11 Å². The number of aromatic amines is 1. The maximum absolute atomic E-state index is 5.16. The number of hydrogen-bond acceptors (Lipinski definition) is 4. The first-order valence-electron chi connectivity index (χ1n) is 5.63. The minimum absolute atomic E-state index is 0.488. The monoisotopic (exact) mass is 261 g/mol. The fourth-order valence-corrected chi connectivity index (χ4v) is 2.08. The van der Waals surface area contributed by atoms with Crippen LogP contribution in [0.1, 0.15) is 17.1 Å². The second-order valence-corrected chi connectivity index (χ2v) is 4.58. The lowest BCUT2D eigenvalue weighted by Crippen LogP contribution is -1.98. The number of methoxy groups -OCH3 is 1. The molecule has 2 aromatic rings. The summed E-state index contributed by atoms with van der Waals surface area (Å²) in [5, 5.41) is 0. The van der Waals surface area contributed by atoms with Crippen molar-refractivity contribution in [1.29, 1.82) is 0 Å². The number of rotatable bonds is 3. The van der Waals surface area contributed by atoms with Gasteiger partial charge in [0.2, 0.25) is 0 Å². The van der Waals surface area contributed by atoms with Gasteiger partial charge in [0.05, 0.1) is 6.61 Å². The van der Waals surface area contributed by atoms with E-state index >= 15 is 0 Å². The number of aromatic nitrogens is 3. The van der Waals surface area contributed by atoms with Gasteiger partial charge in [-0.3, -0.25) is 4.98 Å². The van der Waals surface area contributed by atoms with Gasteiger partial charge in [-0.15, -0.1) is 0 Å². The average molecular weight is 261 g/mol. The summed E-state index contributed by atoms with van der Waals surface area (Å²) in [6.07, 6.45) is 0. The Balaban J connectivity index is 2.52. The van der Waals surface area contributed by atoms with E-state index in [9.17, 15) is 0 Å². The van der Waals surface area contributed by atoms with E-state index in [1.807, 2.05) is 32.0 Å². The molecule has 0 bridgehead atoms. The molecule has 1 N–H and O–H groups in total. The van der Waals surface area contributed by atoms with Crippen LogP contribution in [0.2, 0.25) is 0 Å². The third-order valence-electron chi connectivity index (χ3n) is 2.45. The molecule has 0 saturated carbocycles. The summed E-state index contributed by atoms with van der Waals surface area (Å²) in [6, 6.07) is 5.78. The standard InChI is InChI=1S/C13H15N3OS/c1-8-4-10(5-9(2)14-8)13-15-11(7-17-3)6-12(18)16-13/h4-6H,7H2,1-3H3,(H,15,16,18). The Kier molecular flexibility index (Phi) is 3.84. The largest absolute Gasteiger partial charge is 0.378 e. The lowest BCUT2D eigenvalue weighted by molar-refractivity contribution is 0.181. The summed E-state index contributed by atoms with van der Waals surface area (Å²) < 4.78 is 5.66. The number of nitrogens with zero attached hydrogens (tertiary/aromatic N) is 2. The van der Waals surface area contributed by atoms with Crippen LogP contribution in [0.5, 0.6) is 0 Å². The highest BCUT2D eigenvalue weighted by molar-refractivity contribution is 7.71. The topological polar surface area (TPSA) is 50.8 Å². The molecule has 2 heterocycles. The van der Waals surface area contributed by atoms with Crippen molar-refractivity contribution in [3.05, 3.63) is 39.9 Å². The highest BCUT2D eigenvalue weighted by Gasteiger charge is 2.04. The highest BCUT2D eigenvalue weighted by atomic mass is 32.1. The zero-order chi connectivity index (χ0) is 13.1. The van der Waals surface area contributed by atoms with E-state index in [1.165, 1.54) is 0 Å². The Morgan fingerprint density at radius 3 is 2.44 bits per heavy atom. The van der Waals surface area contributed by atoms with Gasteiger partial charge in [-0.25, -0.2) is 4.98 Å². The quantitative estimate of drug-likeness (QED) is 0.863. The van der Waals surface area contributed by atoms with Crippen LogP contribution < -0.4 is 0 Å². The van der Waals surface area contributed by atoms with Crippen molar-refractivity contribution in [2.45, 2.75) is 20.5 Å². The molecule has 0 spiro atoms. The molecule has 5 heteroatoms. The lowest BCUT2D eigenvalue weighted by Gasteiger charge is -2.07. The van der Waals surface area contributed by atoms with Crippen LogP contribution in [0.25, 0.3) is 11.4 Å². The molecule has 0 unspecified atom stereocenters. The van der Waals surface area contributed by atoms with Crippen molar-refractivity contribution in [3.8, 4) is 11.4 Å². The Morgan fingerprint density at radius 1 is 1.17 bits per heavy atom. The highest BCUT2D eigenvalue weighted by Crippen LogP contribution is 2.17. The molecular formula is C13H15N3OS. The smallest absolute Gasteiger partial charge is 0.139 e. The van der Waals surface area contributed by atoms with Crippen molar-refractivity contribution in [2.75, 3.05) is 7.11 Å². The third-order valence-corrected chi connectivity index (χ3v) is 2.66. The van der Waals surface area contributed by atoms with Gasteiger partial charge in [0.25, 0.3) is 0 Å². The molecule has 0 saturated heterocycles. The van der Waals surface area contributed by atoms with Gasteiger partial charge in [-0.1, -0.05) is 12.2 Å². The van der Waals surface area contributed by atoms with Gasteiger partial charge < -0.3 is 9.72 Å². The molecule has 4 nitrogen and oxygen atoms in total. The van der Waals surface area contributed by atoms with Crippen LogP contribution in [-0.2, 0) is 11.3 Å². The number of H-pyrrole nitrogens is 1. The summed E-state index contributed by atoms with van der Waals surface area (Å²) in [5.41, 5.74) is 3.83. The molecule has 0 aliphatic rings. The maximum Gasteiger partial charge on any atom is 0.139 e. The van der Waals surface area contributed by atoms with Crippen LogP contribution in [-0.4, -0.2) is 22.1 Å². The number of aryl methyl sites for hydroxylation is 2. The number of pyridine rings is 1. The normalized spacial score (nSPS) is 10.6. The summed E-state index contributed by atoms with van der Waals surface area (Å²) in [7, 11) is 1.65. The van der Waals surface area contributed by atoms with E-state index in [-0.39, 0.29) is 0 Å². The zero-order valence-electron chi connectivity index (χ0n) is 10.7. The second kappa shape index (κ2) is 5.37. The SMILES string of the molecule is COCc1cc(=S)nc(-c2cc(C)nc(C)c2)[nH]1. The first-order valence-corrected chi connectivity index (χ1v) is 6.04.